The zero-order valence-corrected chi connectivity index (χ0v) is 22.6. The van der Waals surface area contributed by atoms with Crippen LogP contribution in [0.4, 0.5) is 13.2 Å². The molecule has 3 heterocycles. The normalized spacial score (nSPS) is 29.7. The molecule has 1 aromatic rings. The lowest BCUT2D eigenvalue weighted by atomic mass is 9.81. The van der Waals surface area contributed by atoms with Crippen LogP contribution in [0.25, 0.3) is 0 Å². The molecule has 7 unspecified atom stereocenters. The van der Waals surface area contributed by atoms with Crippen LogP contribution in [-0.2, 0) is 62.4 Å². The summed E-state index contributed by atoms with van der Waals surface area (Å²) in [5.41, 5.74) is 2.68. The molecule has 0 saturated carbocycles. The van der Waals surface area contributed by atoms with Gasteiger partial charge in [-0.25, -0.2) is 4.79 Å². The third-order valence-electron chi connectivity index (χ3n) is 7.16. The first kappa shape index (κ1) is 29.9. The molecule has 39 heavy (non-hydrogen) atoms. The minimum atomic E-state index is -5.40. The van der Waals surface area contributed by atoms with E-state index in [4.69, 9.17) is 18.2 Å². The third-order valence-corrected chi connectivity index (χ3v) is 9.60. The van der Waals surface area contributed by atoms with Crippen molar-refractivity contribution in [2.75, 3.05) is 5.75 Å². The Morgan fingerprint density at radius 1 is 1.08 bits per heavy atom. The van der Waals surface area contributed by atoms with E-state index < -0.39 is 85.8 Å². The summed E-state index contributed by atoms with van der Waals surface area (Å²) in [7, 11) is -4.16. The number of fused-ring (bicyclic) bond motifs is 1. The lowest BCUT2D eigenvalue weighted by molar-refractivity contribution is -0.218. The maximum atomic E-state index is 13.4. The molecule has 0 spiro atoms. The maximum Gasteiger partial charge on any atom is 0.426 e. The van der Waals surface area contributed by atoms with Gasteiger partial charge in [0.05, 0.1) is 5.56 Å². The summed E-state index contributed by atoms with van der Waals surface area (Å²) in [4.78, 5) is 26.2. The second kappa shape index (κ2) is 10.4. The highest BCUT2D eigenvalue weighted by atomic mass is 32.2. The number of esters is 2. The molecule has 3 saturated heterocycles. The molecule has 0 aliphatic carbocycles. The fraction of sp³-hybridized carbons (Fsp3) is 0.600. The molecule has 0 aromatic heterocycles. The van der Waals surface area contributed by atoms with Crippen molar-refractivity contribution in [2.24, 2.45) is 5.92 Å². The number of ether oxygens (including phenoxy) is 3. The van der Waals surface area contributed by atoms with Crippen LogP contribution in [0.1, 0.15) is 27.0 Å². The summed E-state index contributed by atoms with van der Waals surface area (Å²) in [5, 5.41) is -1.75. The Balaban J connectivity index is 1.65. The fourth-order valence-corrected chi connectivity index (χ4v) is 7.91. The first-order valence-electron chi connectivity index (χ1n) is 12.2. The van der Waals surface area contributed by atoms with Crippen molar-refractivity contribution in [2.45, 2.75) is 60.9 Å². The Kier molecular flexibility index (Phi) is 7.97. The highest BCUT2D eigenvalue weighted by Crippen LogP contribution is 2.52. The third kappa shape index (κ3) is 5.60. The van der Waals surface area contributed by atoms with Crippen molar-refractivity contribution in [1.29, 1.82) is 0 Å². The van der Waals surface area contributed by atoms with Gasteiger partial charge in [-0.2, -0.15) is 30.0 Å². The highest BCUT2D eigenvalue weighted by molar-refractivity contribution is 7.87. The lowest BCUT2D eigenvalue weighted by Gasteiger charge is -2.29. The second-order valence-corrected chi connectivity index (χ2v) is 12.8. The number of alkyl halides is 3. The molecule has 1 aromatic carbocycles. The summed E-state index contributed by atoms with van der Waals surface area (Å²) in [6.07, 6.45) is -12.7. The number of carbonyl (C=O) groups excluding carboxylic acids is 2. The van der Waals surface area contributed by atoms with Crippen LogP contribution in [0.3, 0.4) is 0 Å². The summed E-state index contributed by atoms with van der Waals surface area (Å²) < 4.78 is 117. The number of hydrogen-bond donors (Lipinski definition) is 1. The van der Waals surface area contributed by atoms with Gasteiger partial charge in [0.15, 0.2) is 6.10 Å². The average Bonchev–Trinajstić information content (AvgIpc) is 3.43. The van der Waals surface area contributed by atoms with Gasteiger partial charge in [-0.1, -0.05) is 36.2 Å². The number of carbonyl (C=O) groups is 2. The smallest absolute Gasteiger partial charge is 0.426 e. The van der Waals surface area contributed by atoms with Gasteiger partial charge < -0.3 is 14.2 Å². The number of halogens is 3. The van der Waals surface area contributed by atoms with Gasteiger partial charge in [-0.15, -0.1) is 0 Å². The molecular formula is C20H24B3F3O11S2. The quantitative estimate of drug-likeness (QED) is 0.139. The zero-order valence-electron chi connectivity index (χ0n) is 21.0. The van der Waals surface area contributed by atoms with E-state index in [-0.39, 0.29) is 5.56 Å². The van der Waals surface area contributed by atoms with Crippen LogP contribution in [0.5, 0.6) is 0 Å². The van der Waals surface area contributed by atoms with E-state index in [9.17, 15) is 39.6 Å². The number of rotatable bonds is 9. The molecule has 19 heteroatoms. The predicted molar refractivity (Wildman–Crippen MR) is 134 cm³/mol. The minimum Gasteiger partial charge on any atom is -0.453 e. The van der Waals surface area contributed by atoms with Crippen LogP contribution in [0, 0.1) is 5.92 Å². The van der Waals surface area contributed by atoms with Gasteiger partial charge in [-0.05, 0) is 11.6 Å². The Labute approximate surface area is 225 Å². The van der Waals surface area contributed by atoms with E-state index in [1.54, 1.807) is 6.07 Å². The first-order valence-corrected chi connectivity index (χ1v) is 15.3. The molecular weight excluding hydrogens is 570 g/mol. The SMILES string of the molecule is BCc1cc(CB)c(CB)c(C(=O)OC2C3OS(=O)(=O)C4C3OC2C4C(=O)OC(CS(=O)(=O)O)C(F)(F)F)c1. The van der Waals surface area contributed by atoms with Gasteiger partial charge in [0.2, 0.25) is 6.10 Å². The molecule has 0 amide bonds. The van der Waals surface area contributed by atoms with Crippen LogP contribution >= 0.6 is 0 Å². The molecule has 7 atom stereocenters. The van der Waals surface area contributed by atoms with E-state index >= 15 is 0 Å². The molecule has 3 aliphatic rings. The van der Waals surface area contributed by atoms with Crippen LogP contribution in [0.2, 0.25) is 0 Å². The summed E-state index contributed by atoms with van der Waals surface area (Å²) in [6.45, 7) is 0. The maximum absolute atomic E-state index is 13.4. The topological polar surface area (TPSA) is 160 Å². The van der Waals surface area contributed by atoms with E-state index in [1.807, 2.05) is 29.6 Å². The Morgan fingerprint density at radius 2 is 1.74 bits per heavy atom. The molecule has 0 radical (unpaired) electrons. The van der Waals surface area contributed by atoms with E-state index in [2.05, 4.69) is 4.74 Å². The van der Waals surface area contributed by atoms with Crippen molar-refractivity contribution in [3.63, 3.8) is 0 Å². The number of benzene rings is 1. The molecule has 212 valence electrons. The zero-order chi connectivity index (χ0) is 29.1. The largest absolute Gasteiger partial charge is 0.453 e. The first-order chi connectivity index (χ1) is 18.0. The Hall–Kier alpha value is -2.08. The summed E-state index contributed by atoms with van der Waals surface area (Å²) in [6, 6.07) is 3.60. The van der Waals surface area contributed by atoms with Gasteiger partial charge in [0.1, 0.15) is 58.8 Å². The van der Waals surface area contributed by atoms with Crippen LogP contribution in [0.15, 0.2) is 12.1 Å². The molecule has 3 fully saturated rings. The highest BCUT2D eigenvalue weighted by Gasteiger charge is 2.74. The van der Waals surface area contributed by atoms with Crippen LogP contribution < -0.4 is 0 Å². The minimum absolute atomic E-state index is 0.221. The molecule has 1 N–H and O–H groups in total. The van der Waals surface area contributed by atoms with Gasteiger partial charge in [0.25, 0.3) is 20.2 Å². The van der Waals surface area contributed by atoms with E-state index in [0.29, 0.717) is 24.5 Å². The van der Waals surface area contributed by atoms with Crippen molar-refractivity contribution in [3.8, 4) is 0 Å². The fourth-order valence-electron chi connectivity index (χ4n) is 5.44. The molecule has 4 rings (SSSR count). The Bertz CT molecular complexity index is 1390. The second-order valence-electron chi connectivity index (χ2n) is 9.54. The standard InChI is InChI=1S/C20H24B3F3O11S2/c21-3-7-1-8(4-22)10(5-23)9(2-7)18(27)36-14-13-12(17-16(35-13)15(14)37-39(17,32)33)19(28)34-11(20(24,25)26)6-38(29,30)31/h1-2,11-17H,3-6,21-23H2,(H,29,30,31). The molecule has 11 nitrogen and oxygen atoms in total. The van der Waals surface area contributed by atoms with Crippen molar-refractivity contribution < 1.29 is 62.5 Å². The van der Waals surface area contributed by atoms with E-state index in [1.165, 1.54) is 0 Å². The monoisotopic (exact) mass is 594 g/mol. The van der Waals surface area contributed by atoms with Gasteiger partial charge >= 0.3 is 18.1 Å². The van der Waals surface area contributed by atoms with Crippen molar-refractivity contribution in [3.05, 3.63) is 34.4 Å². The van der Waals surface area contributed by atoms with Crippen molar-refractivity contribution in [1.82, 2.24) is 0 Å². The molecule has 2 bridgehead atoms. The lowest BCUT2D eigenvalue weighted by Crippen LogP contribution is -2.51. The van der Waals surface area contributed by atoms with Crippen molar-refractivity contribution >= 4 is 55.7 Å². The van der Waals surface area contributed by atoms with Crippen LogP contribution in [-0.4, -0.2) is 105 Å². The average molecular weight is 594 g/mol. The van der Waals surface area contributed by atoms with Gasteiger partial charge in [0, 0.05) is 0 Å². The molecule has 3 aliphatic heterocycles. The number of hydrogen-bond acceptors (Lipinski definition) is 10. The van der Waals surface area contributed by atoms with E-state index in [0.717, 1.165) is 11.1 Å². The predicted octanol–water partition coefficient (Wildman–Crippen LogP) is -2.53. The summed E-state index contributed by atoms with van der Waals surface area (Å²) in [5.74, 6) is -6.51. The Morgan fingerprint density at radius 3 is 2.28 bits per heavy atom. The van der Waals surface area contributed by atoms with Gasteiger partial charge in [-0.3, -0.25) is 13.5 Å². The summed E-state index contributed by atoms with van der Waals surface area (Å²) >= 11 is 0.